The molecule has 0 radical (unpaired) electrons. The second kappa shape index (κ2) is 8.84. The van der Waals surface area contributed by atoms with Crippen LogP contribution in [0.5, 0.6) is 0 Å². The lowest BCUT2D eigenvalue weighted by atomic mass is 10.1. The largest absolute Gasteiger partial charge is 0.330 e. The number of hydrogen-bond donors (Lipinski definition) is 2. The number of carbonyl (C=O) groups excluding carboxylic acids is 1. The van der Waals surface area contributed by atoms with Crippen LogP contribution in [0.4, 0.5) is 9.18 Å². The molecule has 2 aromatic rings. The number of halogens is 2. The van der Waals surface area contributed by atoms with Gasteiger partial charge in [-0.3, -0.25) is 0 Å². The predicted molar refractivity (Wildman–Crippen MR) is 106 cm³/mol. The van der Waals surface area contributed by atoms with Crippen LogP contribution in [0.2, 0.25) is 5.02 Å². The van der Waals surface area contributed by atoms with Crippen LogP contribution in [-0.2, 0) is 19.4 Å². The van der Waals surface area contributed by atoms with Crippen molar-refractivity contribution in [2.45, 2.75) is 39.3 Å². The van der Waals surface area contributed by atoms with Crippen molar-refractivity contribution in [2.24, 2.45) is 11.7 Å². The van der Waals surface area contributed by atoms with Crippen molar-refractivity contribution in [3.63, 3.8) is 0 Å². The predicted octanol–water partition coefficient (Wildman–Crippen LogP) is 3.24. The summed E-state index contributed by atoms with van der Waals surface area (Å²) in [6, 6.07) is 3.66. The maximum atomic E-state index is 13.4. The fourth-order valence-corrected chi connectivity index (χ4v) is 3.42. The van der Waals surface area contributed by atoms with Gasteiger partial charge in [-0.1, -0.05) is 31.5 Å². The van der Waals surface area contributed by atoms with E-state index in [9.17, 15) is 9.18 Å². The Morgan fingerprint density at radius 3 is 2.89 bits per heavy atom. The molecular formula is C20H25ClFN5O. The Kier molecular flexibility index (Phi) is 6.46. The average Bonchev–Trinajstić information content (AvgIpc) is 2.67. The van der Waals surface area contributed by atoms with E-state index in [0.29, 0.717) is 31.0 Å². The minimum absolute atomic E-state index is 0.00600. The number of carbonyl (C=O) groups is 1. The Hall–Kier alpha value is -2.25. The molecule has 8 heteroatoms. The lowest BCUT2D eigenvalue weighted by Gasteiger charge is -2.30. The SMILES string of the molecule is CC(C)Cc1ncc2c(n1)CN(C(=O)N[C@H](CN)c1ccc(F)c(Cl)c1)CC2. The number of urea groups is 1. The summed E-state index contributed by atoms with van der Waals surface area (Å²) < 4.78 is 13.4. The number of aromatic nitrogens is 2. The lowest BCUT2D eigenvalue weighted by Crippen LogP contribution is -2.45. The van der Waals surface area contributed by atoms with Crippen LogP contribution in [-0.4, -0.2) is 34.0 Å². The number of hydrogen-bond acceptors (Lipinski definition) is 4. The Bertz CT molecular complexity index is 860. The summed E-state index contributed by atoms with van der Waals surface area (Å²) in [5, 5.41) is 2.92. The van der Waals surface area contributed by atoms with E-state index in [2.05, 4.69) is 29.1 Å². The van der Waals surface area contributed by atoms with Crippen molar-refractivity contribution in [2.75, 3.05) is 13.1 Å². The molecule has 28 heavy (non-hydrogen) atoms. The van der Waals surface area contributed by atoms with Crippen molar-refractivity contribution in [1.29, 1.82) is 0 Å². The molecule has 150 valence electrons. The van der Waals surface area contributed by atoms with Gasteiger partial charge in [0, 0.05) is 25.7 Å². The highest BCUT2D eigenvalue weighted by Gasteiger charge is 2.24. The van der Waals surface area contributed by atoms with Crippen LogP contribution in [0.25, 0.3) is 0 Å². The average molecular weight is 406 g/mol. The molecule has 0 fully saturated rings. The third kappa shape index (κ3) is 4.77. The zero-order valence-electron chi connectivity index (χ0n) is 16.1. The second-order valence-electron chi connectivity index (χ2n) is 7.44. The monoisotopic (exact) mass is 405 g/mol. The van der Waals surface area contributed by atoms with Crippen LogP contribution in [0.1, 0.15) is 42.5 Å². The van der Waals surface area contributed by atoms with Gasteiger partial charge < -0.3 is 16.0 Å². The van der Waals surface area contributed by atoms with E-state index in [1.54, 1.807) is 11.0 Å². The standard InChI is InChI=1S/C20H25ClFN5O/c1-12(2)7-19-24-10-14-5-6-27(11-18(14)25-19)20(28)26-17(9-23)13-3-4-16(22)15(21)8-13/h3-4,8,10,12,17H,5-7,9,11,23H2,1-2H3,(H,26,28)/t17-/m1/s1. The van der Waals surface area contributed by atoms with E-state index in [4.69, 9.17) is 17.3 Å². The molecule has 0 spiro atoms. The van der Waals surface area contributed by atoms with Crippen molar-refractivity contribution < 1.29 is 9.18 Å². The van der Waals surface area contributed by atoms with Crippen LogP contribution < -0.4 is 11.1 Å². The molecule has 0 saturated carbocycles. The number of nitrogens with zero attached hydrogens (tertiary/aromatic N) is 3. The van der Waals surface area contributed by atoms with Crippen LogP contribution in [0.3, 0.4) is 0 Å². The molecule has 1 aromatic heterocycles. The Morgan fingerprint density at radius 1 is 1.43 bits per heavy atom. The van der Waals surface area contributed by atoms with E-state index in [0.717, 1.165) is 23.5 Å². The summed E-state index contributed by atoms with van der Waals surface area (Å²) in [6.45, 7) is 5.43. The number of rotatable bonds is 5. The highest BCUT2D eigenvalue weighted by atomic mass is 35.5. The van der Waals surface area contributed by atoms with Crippen LogP contribution in [0, 0.1) is 11.7 Å². The first-order valence-corrected chi connectivity index (χ1v) is 9.79. The number of benzene rings is 1. The fraction of sp³-hybridized carbons (Fsp3) is 0.450. The Labute approximate surface area is 169 Å². The third-order valence-corrected chi connectivity index (χ3v) is 5.04. The molecule has 0 bridgehead atoms. The molecule has 6 nitrogen and oxygen atoms in total. The summed E-state index contributed by atoms with van der Waals surface area (Å²) in [7, 11) is 0. The number of amides is 2. The summed E-state index contributed by atoms with van der Waals surface area (Å²) in [5.41, 5.74) is 8.46. The molecule has 1 aliphatic heterocycles. The zero-order valence-corrected chi connectivity index (χ0v) is 16.8. The van der Waals surface area contributed by atoms with Gasteiger partial charge >= 0.3 is 6.03 Å². The third-order valence-electron chi connectivity index (χ3n) is 4.75. The molecule has 0 unspecified atom stereocenters. The van der Waals surface area contributed by atoms with Crippen molar-refractivity contribution in [1.82, 2.24) is 20.2 Å². The van der Waals surface area contributed by atoms with Gasteiger partial charge in [-0.15, -0.1) is 0 Å². The first kappa shape index (κ1) is 20.5. The number of nitrogens with two attached hydrogens (primary N) is 1. The molecule has 0 aliphatic carbocycles. The minimum atomic E-state index is -0.503. The smallest absolute Gasteiger partial charge is 0.318 e. The fourth-order valence-electron chi connectivity index (χ4n) is 3.23. The van der Waals surface area contributed by atoms with Crippen LogP contribution in [0.15, 0.2) is 24.4 Å². The quantitative estimate of drug-likeness (QED) is 0.799. The van der Waals surface area contributed by atoms with E-state index in [-0.39, 0.29) is 17.6 Å². The minimum Gasteiger partial charge on any atom is -0.330 e. The summed E-state index contributed by atoms with van der Waals surface area (Å²) in [4.78, 5) is 23.6. The Balaban J connectivity index is 1.70. The molecule has 3 N–H and O–H groups in total. The van der Waals surface area contributed by atoms with E-state index in [1.165, 1.54) is 12.1 Å². The van der Waals surface area contributed by atoms with Crippen molar-refractivity contribution in [3.05, 3.63) is 57.9 Å². The summed E-state index contributed by atoms with van der Waals surface area (Å²) in [6.07, 6.45) is 3.39. The van der Waals surface area contributed by atoms with Gasteiger partial charge in [-0.25, -0.2) is 19.2 Å². The van der Waals surface area contributed by atoms with E-state index >= 15 is 0 Å². The van der Waals surface area contributed by atoms with Gasteiger partial charge in [0.25, 0.3) is 0 Å². The molecule has 0 saturated heterocycles. The van der Waals surface area contributed by atoms with Gasteiger partial charge in [-0.2, -0.15) is 0 Å². The molecule has 2 heterocycles. The summed E-state index contributed by atoms with van der Waals surface area (Å²) >= 11 is 5.85. The zero-order chi connectivity index (χ0) is 20.3. The lowest BCUT2D eigenvalue weighted by molar-refractivity contribution is 0.187. The first-order valence-electron chi connectivity index (χ1n) is 9.41. The van der Waals surface area contributed by atoms with Crippen LogP contribution >= 0.6 is 11.6 Å². The number of nitrogens with one attached hydrogen (secondary N) is 1. The normalized spacial score (nSPS) is 14.7. The maximum absolute atomic E-state index is 13.4. The molecule has 2 amide bonds. The molecule has 1 aromatic carbocycles. The molecule has 1 atom stereocenters. The van der Waals surface area contributed by atoms with Gasteiger partial charge in [0.15, 0.2) is 0 Å². The Morgan fingerprint density at radius 2 is 2.21 bits per heavy atom. The molecule has 1 aliphatic rings. The molecular weight excluding hydrogens is 381 g/mol. The molecule has 3 rings (SSSR count). The van der Waals surface area contributed by atoms with E-state index < -0.39 is 11.9 Å². The van der Waals surface area contributed by atoms with Crippen molar-refractivity contribution in [3.8, 4) is 0 Å². The maximum Gasteiger partial charge on any atom is 0.318 e. The van der Waals surface area contributed by atoms with E-state index in [1.807, 2.05) is 6.20 Å². The first-order chi connectivity index (χ1) is 13.4. The highest BCUT2D eigenvalue weighted by molar-refractivity contribution is 6.30. The summed E-state index contributed by atoms with van der Waals surface area (Å²) in [5.74, 6) is 0.766. The van der Waals surface area contributed by atoms with Gasteiger partial charge in [0.05, 0.1) is 23.3 Å². The topological polar surface area (TPSA) is 84.1 Å². The van der Waals surface area contributed by atoms with Gasteiger partial charge in [-0.05, 0) is 35.6 Å². The van der Waals surface area contributed by atoms with Gasteiger partial charge in [0.2, 0.25) is 0 Å². The highest BCUT2D eigenvalue weighted by Crippen LogP contribution is 2.22. The van der Waals surface area contributed by atoms with Gasteiger partial charge in [0.1, 0.15) is 11.6 Å². The second-order valence-corrected chi connectivity index (χ2v) is 7.85. The van der Waals surface area contributed by atoms with Crippen molar-refractivity contribution >= 4 is 17.6 Å². The number of fused-ring (bicyclic) bond motifs is 1.